The Hall–Kier alpha value is -0.222. The van der Waals surface area contributed by atoms with Gasteiger partial charge in [-0.05, 0) is 0 Å². The van der Waals surface area contributed by atoms with E-state index in [0.717, 1.165) is 0 Å². The molecule has 0 heterocycles. The molecule has 0 N–H and O–H groups in total. The van der Waals surface area contributed by atoms with Crippen molar-refractivity contribution in [3.63, 3.8) is 0 Å². The Labute approximate surface area is 73.9 Å². The average Bonchev–Trinajstić information content (AvgIpc) is 2.07. The van der Waals surface area contributed by atoms with Crippen LogP contribution in [0.1, 0.15) is 13.3 Å². The minimum atomic E-state index is -0.625. The van der Waals surface area contributed by atoms with E-state index in [4.69, 9.17) is 0 Å². The molecule has 0 nitrogen and oxygen atoms in total. The molecule has 0 bridgehead atoms. The molecular weight excluding hydrogens is 195 g/mol. The number of rotatable bonds is 3. The zero-order chi connectivity index (χ0) is 8.10. The molecular formula is C10H15As. The Morgan fingerprint density at radius 3 is 2.36 bits per heavy atom. The van der Waals surface area contributed by atoms with Crippen LogP contribution < -0.4 is 4.35 Å². The van der Waals surface area contributed by atoms with E-state index in [2.05, 4.69) is 43.0 Å². The summed E-state index contributed by atoms with van der Waals surface area (Å²) in [6, 6.07) is 10.9. The number of benzene rings is 1. The second-order valence-corrected chi connectivity index (χ2v) is 7.71. The Bertz CT molecular complexity index is 193. The standard InChI is InChI=1S/C10H15As/c1-3-9-11(2)10-7-5-4-6-8-10/h4-8H,3,9H2,1-2H3. The normalized spacial score (nSPS) is 12.9. The average molecular weight is 210 g/mol. The molecule has 0 aliphatic heterocycles. The second-order valence-electron chi connectivity index (χ2n) is 2.76. The predicted octanol–water partition coefficient (Wildman–Crippen LogP) is 2.43. The van der Waals surface area contributed by atoms with Crippen molar-refractivity contribution in [2.24, 2.45) is 0 Å². The third-order valence-electron chi connectivity index (χ3n) is 1.76. The van der Waals surface area contributed by atoms with Crippen LogP contribution in [0, 0.1) is 0 Å². The summed E-state index contributed by atoms with van der Waals surface area (Å²) in [6.07, 6.45) is 1.34. The maximum atomic E-state index is 2.44. The first-order valence-electron chi connectivity index (χ1n) is 4.10. The molecule has 1 aromatic carbocycles. The van der Waals surface area contributed by atoms with Crippen LogP contribution in [0.25, 0.3) is 0 Å². The molecule has 1 rings (SSSR count). The predicted molar refractivity (Wildman–Crippen MR) is 52.8 cm³/mol. The Kier molecular flexibility index (Phi) is 3.72. The fourth-order valence-corrected chi connectivity index (χ4v) is 4.53. The van der Waals surface area contributed by atoms with Crippen molar-refractivity contribution in [1.82, 2.24) is 0 Å². The molecule has 0 saturated carbocycles. The molecule has 1 aromatic rings. The zero-order valence-corrected chi connectivity index (χ0v) is 9.12. The van der Waals surface area contributed by atoms with Gasteiger partial charge in [-0.3, -0.25) is 0 Å². The van der Waals surface area contributed by atoms with Crippen molar-refractivity contribution in [3.8, 4) is 0 Å². The van der Waals surface area contributed by atoms with Gasteiger partial charge < -0.3 is 0 Å². The van der Waals surface area contributed by atoms with E-state index in [1.54, 1.807) is 4.35 Å². The molecule has 0 radical (unpaired) electrons. The molecule has 1 heteroatoms. The Balaban J connectivity index is 2.61. The summed E-state index contributed by atoms with van der Waals surface area (Å²) < 4.78 is 1.61. The molecule has 0 aliphatic carbocycles. The van der Waals surface area contributed by atoms with E-state index in [1.165, 1.54) is 11.6 Å². The summed E-state index contributed by atoms with van der Waals surface area (Å²) in [5, 5.41) is 1.44. The second kappa shape index (κ2) is 4.61. The van der Waals surface area contributed by atoms with Gasteiger partial charge in [-0.2, -0.15) is 0 Å². The van der Waals surface area contributed by atoms with E-state index in [9.17, 15) is 0 Å². The van der Waals surface area contributed by atoms with Gasteiger partial charge in [0, 0.05) is 0 Å². The Morgan fingerprint density at radius 2 is 1.82 bits per heavy atom. The van der Waals surface area contributed by atoms with Crippen molar-refractivity contribution in [1.29, 1.82) is 0 Å². The van der Waals surface area contributed by atoms with Crippen LogP contribution in [0.15, 0.2) is 30.3 Å². The topological polar surface area (TPSA) is 0 Å². The van der Waals surface area contributed by atoms with Gasteiger partial charge in [-0.15, -0.1) is 0 Å². The summed E-state index contributed by atoms with van der Waals surface area (Å²) >= 11 is -0.625. The summed E-state index contributed by atoms with van der Waals surface area (Å²) in [6.45, 7) is 2.27. The van der Waals surface area contributed by atoms with Gasteiger partial charge in [-0.1, -0.05) is 0 Å². The first-order chi connectivity index (χ1) is 5.34. The van der Waals surface area contributed by atoms with Crippen LogP contribution in [0.4, 0.5) is 0 Å². The van der Waals surface area contributed by atoms with Crippen molar-refractivity contribution < 1.29 is 0 Å². The van der Waals surface area contributed by atoms with Crippen LogP contribution in [0.5, 0.6) is 0 Å². The summed E-state index contributed by atoms with van der Waals surface area (Å²) in [5.41, 5.74) is 2.44. The van der Waals surface area contributed by atoms with Gasteiger partial charge in [0.1, 0.15) is 0 Å². The quantitative estimate of drug-likeness (QED) is 0.672. The fourth-order valence-electron chi connectivity index (χ4n) is 1.15. The number of hydrogen-bond donors (Lipinski definition) is 0. The first kappa shape index (κ1) is 8.87. The van der Waals surface area contributed by atoms with E-state index in [1.807, 2.05) is 0 Å². The van der Waals surface area contributed by atoms with Gasteiger partial charge in [0.15, 0.2) is 0 Å². The molecule has 1 unspecified atom stereocenters. The van der Waals surface area contributed by atoms with E-state index >= 15 is 0 Å². The van der Waals surface area contributed by atoms with E-state index in [-0.39, 0.29) is 0 Å². The first-order valence-corrected chi connectivity index (χ1v) is 8.25. The van der Waals surface area contributed by atoms with Crippen molar-refractivity contribution in [2.45, 2.75) is 24.3 Å². The summed E-state index contributed by atoms with van der Waals surface area (Å²) in [4.78, 5) is 0. The third kappa shape index (κ3) is 2.71. The summed E-state index contributed by atoms with van der Waals surface area (Å²) in [5.74, 6) is 0. The van der Waals surface area contributed by atoms with Gasteiger partial charge in [-0.25, -0.2) is 0 Å². The van der Waals surface area contributed by atoms with Gasteiger partial charge in [0.2, 0.25) is 0 Å². The zero-order valence-electron chi connectivity index (χ0n) is 7.25. The molecule has 0 spiro atoms. The summed E-state index contributed by atoms with van der Waals surface area (Å²) in [7, 11) is 0. The van der Waals surface area contributed by atoms with E-state index < -0.39 is 14.7 Å². The molecule has 0 amide bonds. The van der Waals surface area contributed by atoms with Gasteiger partial charge in [0.25, 0.3) is 0 Å². The van der Waals surface area contributed by atoms with Gasteiger partial charge in [0.05, 0.1) is 0 Å². The minimum absolute atomic E-state index is 0.625. The van der Waals surface area contributed by atoms with Crippen molar-refractivity contribution in [2.75, 3.05) is 0 Å². The SMILES string of the molecule is CCC[As](C)c1ccccc1. The maximum absolute atomic E-state index is 2.44. The van der Waals surface area contributed by atoms with Crippen LogP contribution in [0.2, 0.25) is 10.9 Å². The molecule has 60 valence electrons. The molecule has 11 heavy (non-hydrogen) atoms. The van der Waals surface area contributed by atoms with Crippen LogP contribution in [-0.4, -0.2) is 14.7 Å². The van der Waals surface area contributed by atoms with E-state index in [0.29, 0.717) is 0 Å². The monoisotopic (exact) mass is 210 g/mol. The van der Waals surface area contributed by atoms with Crippen molar-refractivity contribution >= 4 is 19.0 Å². The molecule has 0 fully saturated rings. The van der Waals surface area contributed by atoms with Crippen LogP contribution in [0.3, 0.4) is 0 Å². The van der Waals surface area contributed by atoms with Gasteiger partial charge >= 0.3 is 73.6 Å². The molecule has 0 aliphatic rings. The molecule has 0 aromatic heterocycles. The third-order valence-corrected chi connectivity index (χ3v) is 6.58. The number of hydrogen-bond acceptors (Lipinski definition) is 0. The fraction of sp³-hybridized carbons (Fsp3) is 0.400. The molecule has 0 saturated heterocycles. The molecule has 1 atom stereocenters. The van der Waals surface area contributed by atoms with Crippen molar-refractivity contribution in [3.05, 3.63) is 30.3 Å². The van der Waals surface area contributed by atoms with Crippen LogP contribution in [-0.2, 0) is 0 Å². The Morgan fingerprint density at radius 1 is 1.18 bits per heavy atom. The van der Waals surface area contributed by atoms with Crippen LogP contribution >= 0.6 is 0 Å².